The zero-order valence-electron chi connectivity index (χ0n) is 9.40. The van der Waals surface area contributed by atoms with Crippen LogP contribution in [0, 0.1) is 6.92 Å². The van der Waals surface area contributed by atoms with E-state index in [1.54, 1.807) is 6.20 Å². The van der Waals surface area contributed by atoms with Crippen molar-refractivity contribution in [1.29, 1.82) is 0 Å². The van der Waals surface area contributed by atoms with Crippen molar-refractivity contribution in [3.05, 3.63) is 23.3 Å². The van der Waals surface area contributed by atoms with Crippen LogP contribution in [0.1, 0.15) is 34.9 Å². The van der Waals surface area contributed by atoms with E-state index in [2.05, 4.69) is 9.97 Å². The minimum Gasteiger partial charge on any atom is -0.368 e. The first-order valence-corrected chi connectivity index (χ1v) is 6.38. The maximum absolute atomic E-state index is 11.2. The van der Waals surface area contributed by atoms with Crippen LogP contribution in [-0.4, -0.2) is 33.9 Å². The molecule has 1 saturated heterocycles. The average Bonchev–Trinajstić information content (AvgIpc) is 2.29. The van der Waals surface area contributed by atoms with Crippen molar-refractivity contribution >= 4 is 17.5 Å². The van der Waals surface area contributed by atoms with Gasteiger partial charge in [0.15, 0.2) is 11.6 Å². The van der Waals surface area contributed by atoms with Crippen LogP contribution in [0.4, 0.5) is 0 Å². The lowest BCUT2D eigenvalue weighted by atomic mass is 10.2. The summed E-state index contributed by atoms with van der Waals surface area (Å²) < 4.78 is 5.59. The third kappa shape index (κ3) is 2.41. The summed E-state index contributed by atoms with van der Waals surface area (Å²) in [4.78, 5) is 19.8. The van der Waals surface area contributed by atoms with Crippen LogP contribution in [0.3, 0.4) is 0 Å². The maximum Gasteiger partial charge on any atom is 0.163 e. The molecule has 1 aliphatic heterocycles. The number of carbonyl (C=O) groups is 1. The number of thioether (sulfide) groups is 1. The Balaban J connectivity index is 2.23. The SMILES string of the molecule is CC(=O)c1cnc(C2CSCCO2)nc1C. The number of aromatic nitrogens is 2. The Hall–Kier alpha value is -0.940. The molecule has 0 aliphatic carbocycles. The van der Waals surface area contributed by atoms with Gasteiger partial charge in [0.05, 0.1) is 17.9 Å². The zero-order chi connectivity index (χ0) is 11.5. The normalized spacial score (nSPS) is 20.8. The van der Waals surface area contributed by atoms with E-state index >= 15 is 0 Å². The molecule has 4 nitrogen and oxygen atoms in total. The molecule has 2 rings (SSSR count). The Kier molecular flexibility index (Phi) is 3.56. The van der Waals surface area contributed by atoms with Crippen LogP contribution >= 0.6 is 11.8 Å². The molecule has 0 aromatic carbocycles. The van der Waals surface area contributed by atoms with Crippen LogP contribution in [0.25, 0.3) is 0 Å². The molecule has 0 saturated carbocycles. The van der Waals surface area contributed by atoms with E-state index in [9.17, 15) is 4.79 Å². The summed E-state index contributed by atoms with van der Waals surface area (Å²) in [6, 6.07) is 0. The third-order valence-electron chi connectivity index (χ3n) is 2.48. The number of ketones is 1. The molecular formula is C11H14N2O2S. The van der Waals surface area contributed by atoms with Gasteiger partial charge in [0.25, 0.3) is 0 Å². The molecule has 5 heteroatoms. The Bertz CT molecular complexity index is 403. The lowest BCUT2D eigenvalue weighted by Crippen LogP contribution is -2.19. The summed E-state index contributed by atoms with van der Waals surface area (Å²) in [6.07, 6.45) is 1.57. The number of Topliss-reactive ketones (excluding diaryl/α,β-unsaturated/α-hetero) is 1. The summed E-state index contributed by atoms with van der Waals surface area (Å²) in [5.41, 5.74) is 1.32. The largest absolute Gasteiger partial charge is 0.368 e. The number of rotatable bonds is 2. The van der Waals surface area contributed by atoms with E-state index in [1.807, 2.05) is 18.7 Å². The predicted octanol–water partition coefficient (Wildman–Crippen LogP) is 1.79. The van der Waals surface area contributed by atoms with E-state index < -0.39 is 0 Å². The molecule has 0 bridgehead atoms. The predicted molar refractivity (Wildman–Crippen MR) is 62.8 cm³/mol. The van der Waals surface area contributed by atoms with Crippen LogP contribution in [0.2, 0.25) is 0 Å². The molecule has 1 aromatic heterocycles. The van der Waals surface area contributed by atoms with Crippen molar-refractivity contribution < 1.29 is 9.53 Å². The van der Waals surface area contributed by atoms with Crippen molar-refractivity contribution in [1.82, 2.24) is 9.97 Å². The number of hydrogen-bond donors (Lipinski definition) is 0. The lowest BCUT2D eigenvalue weighted by molar-refractivity contribution is 0.0692. The molecule has 0 amide bonds. The van der Waals surface area contributed by atoms with Crippen molar-refractivity contribution in [2.75, 3.05) is 18.1 Å². The number of carbonyl (C=O) groups excluding carboxylic acids is 1. The van der Waals surface area contributed by atoms with Gasteiger partial charge < -0.3 is 4.74 Å². The second-order valence-corrected chi connectivity index (χ2v) is 4.87. The number of nitrogens with zero attached hydrogens (tertiary/aromatic N) is 2. The van der Waals surface area contributed by atoms with E-state index in [1.165, 1.54) is 6.92 Å². The Morgan fingerprint density at radius 1 is 1.62 bits per heavy atom. The van der Waals surface area contributed by atoms with Gasteiger partial charge in [0.2, 0.25) is 0 Å². The lowest BCUT2D eigenvalue weighted by Gasteiger charge is -2.21. The molecule has 2 heterocycles. The maximum atomic E-state index is 11.2. The van der Waals surface area contributed by atoms with Gasteiger partial charge in [0.1, 0.15) is 6.10 Å². The fourth-order valence-corrected chi connectivity index (χ4v) is 2.46. The van der Waals surface area contributed by atoms with E-state index in [0.717, 1.165) is 23.8 Å². The highest BCUT2D eigenvalue weighted by atomic mass is 32.2. The summed E-state index contributed by atoms with van der Waals surface area (Å²) in [5, 5.41) is 0. The summed E-state index contributed by atoms with van der Waals surface area (Å²) >= 11 is 1.84. The van der Waals surface area contributed by atoms with Crippen LogP contribution in [0.15, 0.2) is 6.20 Å². The van der Waals surface area contributed by atoms with Gasteiger partial charge in [-0.25, -0.2) is 9.97 Å². The number of aryl methyl sites for hydroxylation is 1. The van der Waals surface area contributed by atoms with Crippen molar-refractivity contribution in [3.63, 3.8) is 0 Å². The quantitative estimate of drug-likeness (QED) is 0.735. The van der Waals surface area contributed by atoms with E-state index in [4.69, 9.17) is 4.74 Å². The van der Waals surface area contributed by atoms with Gasteiger partial charge in [-0.2, -0.15) is 11.8 Å². The molecule has 0 spiro atoms. The van der Waals surface area contributed by atoms with Gasteiger partial charge in [-0.3, -0.25) is 4.79 Å². The smallest absolute Gasteiger partial charge is 0.163 e. The standard InChI is InChI=1S/C11H14N2O2S/c1-7-9(8(2)14)5-12-11(13-7)10-6-16-4-3-15-10/h5,10H,3-4,6H2,1-2H3. The molecule has 0 radical (unpaired) electrons. The summed E-state index contributed by atoms with van der Waals surface area (Å²) in [6.45, 7) is 4.10. The number of ether oxygens (including phenoxy) is 1. The van der Waals surface area contributed by atoms with E-state index in [0.29, 0.717) is 11.4 Å². The van der Waals surface area contributed by atoms with Crippen molar-refractivity contribution in [2.24, 2.45) is 0 Å². The first-order chi connectivity index (χ1) is 7.68. The van der Waals surface area contributed by atoms with Gasteiger partial charge in [0, 0.05) is 17.7 Å². The van der Waals surface area contributed by atoms with Crippen molar-refractivity contribution in [3.8, 4) is 0 Å². The molecule has 1 atom stereocenters. The Labute approximate surface area is 98.8 Å². The van der Waals surface area contributed by atoms with Gasteiger partial charge in [-0.1, -0.05) is 0 Å². The summed E-state index contributed by atoms with van der Waals surface area (Å²) in [7, 11) is 0. The first-order valence-electron chi connectivity index (χ1n) is 5.22. The van der Waals surface area contributed by atoms with E-state index in [-0.39, 0.29) is 11.9 Å². The minimum absolute atomic E-state index is 0.00277. The second kappa shape index (κ2) is 4.93. The van der Waals surface area contributed by atoms with Crippen LogP contribution in [-0.2, 0) is 4.74 Å². The summed E-state index contributed by atoms with van der Waals surface area (Å²) in [5.74, 6) is 2.61. The molecule has 1 fully saturated rings. The molecule has 86 valence electrons. The Morgan fingerprint density at radius 2 is 2.44 bits per heavy atom. The van der Waals surface area contributed by atoms with Crippen LogP contribution < -0.4 is 0 Å². The minimum atomic E-state index is -0.0292. The third-order valence-corrected chi connectivity index (χ3v) is 3.47. The molecule has 1 aromatic rings. The molecule has 1 aliphatic rings. The second-order valence-electron chi connectivity index (χ2n) is 3.72. The number of hydrogen-bond acceptors (Lipinski definition) is 5. The monoisotopic (exact) mass is 238 g/mol. The van der Waals surface area contributed by atoms with Crippen molar-refractivity contribution in [2.45, 2.75) is 20.0 Å². The Morgan fingerprint density at radius 3 is 3.00 bits per heavy atom. The fourth-order valence-electron chi connectivity index (χ4n) is 1.62. The highest BCUT2D eigenvalue weighted by molar-refractivity contribution is 7.99. The fraction of sp³-hybridized carbons (Fsp3) is 0.545. The molecule has 1 unspecified atom stereocenters. The molecule has 16 heavy (non-hydrogen) atoms. The van der Waals surface area contributed by atoms with Gasteiger partial charge in [-0.15, -0.1) is 0 Å². The van der Waals surface area contributed by atoms with Gasteiger partial charge >= 0.3 is 0 Å². The average molecular weight is 238 g/mol. The topological polar surface area (TPSA) is 52.1 Å². The molecule has 0 N–H and O–H groups in total. The van der Waals surface area contributed by atoms with Gasteiger partial charge in [-0.05, 0) is 13.8 Å². The van der Waals surface area contributed by atoms with Crippen LogP contribution in [0.5, 0.6) is 0 Å². The zero-order valence-corrected chi connectivity index (χ0v) is 10.2. The molecular weight excluding hydrogens is 224 g/mol. The highest BCUT2D eigenvalue weighted by Gasteiger charge is 2.20. The highest BCUT2D eigenvalue weighted by Crippen LogP contribution is 2.24. The first kappa shape index (κ1) is 11.5.